The summed E-state index contributed by atoms with van der Waals surface area (Å²) in [7, 11) is 0. The van der Waals surface area contributed by atoms with Crippen molar-refractivity contribution in [2.45, 2.75) is 49.9 Å². The molecule has 1 aliphatic carbocycles. The average molecular weight is 313 g/mol. The number of halogens is 3. The molecule has 2 aliphatic rings. The fourth-order valence-electron chi connectivity index (χ4n) is 3.38. The zero-order valence-electron chi connectivity index (χ0n) is 12.1. The Balaban J connectivity index is 1.60. The van der Waals surface area contributed by atoms with Gasteiger partial charge >= 0.3 is 6.18 Å². The maximum Gasteiger partial charge on any atom is 0.416 e. The lowest BCUT2D eigenvalue weighted by molar-refractivity contribution is -0.137. The van der Waals surface area contributed by atoms with E-state index in [1.807, 2.05) is 0 Å². The van der Waals surface area contributed by atoms with Crippen molar-refractivity contribution >= 4 is 5.91 Å². The maximum atomic E-state index is 12.5. The first-order valence-electron chi connectivity index (χ1n) is 7.50. The van der Waals surface area contributed by atoms with Crippen LogP contribution in [0.5, 0.6) is 0 Å². The summed E-state index contributed by atoms with van der Waals surface area (Å²) in [5.41, 5.74) is -0.600. The molecule has 3 rings (SSSR count). The lowest BCUT2D eigenvalue weighted by atomic mass is 9.96. The van der Waals surface area contributed by atoms with Crippen LogP contribution in [0.15, 0.2) is 24.3 Å². The maximum absolute atomic E-state index is 12.5. The van der Waals surface area contributed by atoms with Gasteiger partial charge in [-0.15, -0.1) is 0 Å². The number of nitrogens with one attached hydrogen (secondary N) is 1. The van der Waals surface area contributed by atoms with Crippen LogP contribution in [0.4, 0.5) is 13.2 Å². The van der Waals surface area contributed by atoms with Crippen molar-refractivity contribution in [2.24, 2.45) is 0 Å². The lowest BCUT2D eigenvalue weighted by Gasteiger charge is -2.21. The third-order valence-corrected chi connectivity index (χ3v) is 4.53. The highest BCUT2D eigenvalue weighted by molar-refractivity contribution is 5.94. The molecule has 1 N–H and O–H groups in total. The molecule has 1 atom stereocenters. The van der Waals surface area contributed by atoms with Gasteiger partial charge in [0.25, 0.3) is 5.91 Å². The standard InChI is InChI=1S/C16H18F3NO2/c17-16(18,19)12-5-3-11(4-6-12)14(21)20-13-9-15(22-10-13)7-1-2-8-15/h3-6,13H,1-2,7-10H2,(H,20,21)/t13-/m0/s1. The number of benzene rings is 1. The molecule has 120 valence electrons. The fraction of sp³-hybridized carbons (Fsp3) is 0.562. The zero-order chi connectivity index (χ0) is 15.8. The Morgan fingerprint density at radius 3 is 2.41 bits per heavy atom. The van der Waals surface area contributed by atoms with Gasteiger partial charge in [0.15, 0.2) is 0 Å². The Hall–Kier alpha value is -1.56. The predicted molar refractivity (Wildman–Crippen MR) is 74.5 cm³/mol. The summed E-state index contributed by atoms with van der Waals surface area (Å²) >= 11 is 0. The SMILES string of the molecule is O=C(N[C@@H]1COC2(CCCC2)C1)c1ccc(C(F)(F)F)cc1. The zero-order valence-corrected chi connectivity index (χ0v) is 12.1. The summed E-state index contributed by atoms with van der Waals surface area (Å²) in [5, 5.41) is 2.86. The molecule has 22 heavy (non-hydrogen) atoms. The van der Waals surface area contributed by atoms with Gasteiger partial charge in [0.2, 0.25) is 0 Å². The van der Waals surface area contributed by atoms with Crippen LogP contribution in [0.3, 0.4) is 0 Å². The number of alkyl halides is 3. The van der Waals surface area contributed by atoms with E-state index in [9.17, 15) is 18.0 Å². The topological polar surface area (TPSA) is 38.3 Å². The number of carbonyl (C=O) groups excluding carboxylic acids is 1. The molecular formula is C16H18F3NO2. The minimum Gasteiger partial charge on any atom is -0.373 e. The van der Waals surface area contributed by atoms with Gasteiger partial charge in [-0.25, -0.2) is 0 Å². The monoisotopic (exact) mass is 313 g/mol. The lowest BCUT2D eigenvalue weighted by Crippen LogP contribution is -2.36. The van der Waals surface area contributed by atoms with Crippen LogP contribution < -0.4 is 5.32 Å². The molecule has 0 bridgehead atoms. The van der Waals surface area contributed by atoms with Crippen molar-refractivity contribution in [3.05, 3.63) is 35.4 Å². The number of ether oxygens (including phenoxy) is 1. The largest absolute Gasteiger partial charge is 0.416 e. The number of carbonyl (C=O) groups is 1. The second-order valence-electron chi connectivity index (χ2n) is 6.15. The summed E-state index contributed by atoms with van der Waals surface area (Å²) < 4.78 is 43.4. The summed E-state index contributed by atoms with van der Waals surface area (Å²) in [4.78, 5) is 12.1. The second-order valence-corrected chi connectivity index (χ2v) is 6.15. The summed E-state index contributed by atoms with van der Waals surface area (Å²) in [6.45, 7) is 0.479. The molecule has 1 saturated heterocycles. The minimum absolute atomic E-state index is 0.0621. The van der Waals surface area contributed by atoms with Crippen LogP contribution in [0.2, 0.25) is 0 Å². The molecule has 1 saturated carbocycles. The Morgan fingerprint density at radius 2 is 1.82 bits per heavy atom. The molecule has 1 heterocycles. The summed E-state index contributed by atoms with van der Waals surface area (Å²) in [6, 6.07) is 4.21. The molecular weight excluding hydrogens is 295 g/mol. The highest BCUT2D eigenvalue weighted by Crippen LogP contribution is 2.40. The smallest absolute Gasteiger partial charge is 0.373 e. The highest BCUT2D eigenvalue weighted by atomic mass is 19.4. The first-order valence-corrected chi connectivity index (χ1v) is 7.50. The van der Waals surface area contributed by atoms with E-state index in [0.717, 1.165) is 44.2 Å². The molecule has 0 aromatic heterocycles. The van der Waals surface area contributed by atoms with Gasteiger partial charge in [-0.05, 0) is 43.5 Å². The van der Waals surface area contributed by atoms with E-state index in [1.165, 1.54) is 12.1 Å². The van der Waals surface area contributed by atoms with Crippen molar-refractivity contribution < 1.29 is 22.7 Å². The third-order valence-electron chi connectivity index (χ3n) is 4.53. The van der Waals surface area contributed by atoms with Crippen LogP contribution in [0, 0.1) is 0 Å². The van der Waals surface area contributed by atoms with Crippen LogP contribution in [0.1, 0.15) is 48.0 Å². The van der Waals surface area contributed by atoms with Gasteiger partial charge in [0.1, 0.15) is 0 Å². The summed E-state index contributed by atoms with van der Waals surface area (Å²) in [5.74, 6) is -0.350. The highest BCUT2D eigenvalue weighted by Gasteiger charge is 2.42. The van der Waals surface area contributed by atoms with Crippen LogP contribution in [0.25, 0.3) is 0 Å². The molecule has 2 fully saturated rings. The molecule has 1 aromatic carbocycles. The van der Waals surface area contributed by atoms with Crippen LogP contribution >= 0.6 is 0 Å². The Kier molecular flexibility index (Phi) is 3.89. The first-order chi connectivity index (χ1) is 10.4. The molecule has 3 nitrogen and oxygen atoms in total. The Bertz CT molecular complexity index is 548. The van der Waals surface area contributed by atoms with Gasteiger partial charge in [0, 0.05) is 5.56 Å². The van der Waals surface area contributed by atoms with E-state index in [4.69, 9.17) is 4.74 Å². The summed E-state index contributed by atoms with van der Waals surface area (Å²) in [6.07, 6.45) is 0.765. The molecule has 1 aliphatic heterocycles. The molecule has 1 spiro atoms. The number of hydrogen-bond acceptors (Lipinski definition) is 2. The minimum atomic E-state index is -4.39. The number of rotatable bonds is 2. The van der Waals surface area contributed by atoms with Crippen LogP contribution in [-0.2, 0) is 10.9 Å². The van der Waals surface area contributed by atoms with Crippen molar-refractivity contribution in [2.75, 3.05) is 6.61 Å². The van der Waals surface area contributed by atoms with Gasteiger partial charge in [0.05, 0.1) is 23.8 Å². The van der Waals surface area contributed by atoms with E-state index in [1.54, 1.807) is 0 Å². The predicted octanol–water partition coefficient (Wildman–Crippen LogP) is 3.54. The van der Waals surface area contributed by atoms with Crippen molar-refractivity contribution in [1.29, 1.82) is 0 Å². The van der Waals surface area contributed by atoms with Crippen LogP contribution in [-0.4, -0.2) is 24.2 Å². The van der Waals surface area contributed by atoms with Gasteiger partial charge in [-0.1, -0.05) is 12.8 Å². The van der Waals surface area contributed by atoms with Crippen molar-refractivity contribution in [3.8, 4) is 0 Å². The van der Waals surface area contributed by atoms with E-state index in [0.29, 0.717) is 6.61 Å². The second kappa shape index (κ2) is 5.57. The van der Waals surface area contributed by atoms with Crippen molar-refractivity contribution in [3.63, 3.8) is 0 Å². The molecule has 0 unspecified atom stereocenters. The Labute approximate surface area is 126 Å². The normalized spacial score (nSPS) is 23.9. The fourth-order valence-corrected chi connectivity index (χ4v) is 3.38. The van der Waals surface area contributed by atoms with E-state index >= 15 is 0 Å². The Morgan fingerprint density at radius 1 is 1.18 bits per heavy atom. The van der Waals surface area contributed by atoms with E-state index in [-0.39, 0.29) is 23.1 Å². The molecule has 0 radical (unpaired) electrons. The number of hydrogen-bond donors (Lipinski definition) is 1. The third kappa shape index (κ3) is 3.11. The van der Waals surface area contributed by atoms with Gasteiger partial charge in [-0.3, -0.25) is 4.79 Å². The first kappa shape index (κ1) is 15.3. The average Bonchev–Trinajstić information content (AvgIpc) is 3.09. The van der Waals surface area contributed by atoms with Gasteiger partial charge in [-0.2, -0.15) is 13.2 Å². The molecule has 1 amide bonds. The van der Waals surface area contributed by atoms with E-state index in [2.05, 4.69) is 5.32 Å². The van der Waals surface area contributed by atoms with Gasteiger partial charge < -0.3 is 10.1 Å². The quantitative estimate of drug-likeness (QED) is 0.907. The van der Waals surface area contributed by atoms with Crippen molar-refractivity contribution in [1.82, 2.24) is 5.32 Å². The molecule has 6 heteroatoms. The number of amides is 1. The van der Waals surface area contributed by atoms with E-state index < -0.39 is 11.7 Å². The molecule has 1 aromatic rings.